The summed E-state index contributed by atoms with van der Waals surface area (Å²) in [5, 5.41) is 10.9. The Morgan fingerprint density at radius 2 is 2.00 bits per heavy atom. The molecule has 1 aromatic rings. The van der Waals surface area contributed by atoms with Gasteiger partial charge in [0.2, 0.25) is 0 Å². The van der Waals surface area contributed by atoms with Crippen molar-refractivity contribution in [3.8, 4) is 5.75 Å². The van der Waals surface area contributed by atoms with Crippen LogP contribution >= 0.6 is 0 Å². The van der Waals surface area contributed by atoms with Crippen molar-refractivity contribution in [2.75, 3.05) is 19.5 Å². The first-order valence-electron chi connectivity index (χ1n) is 6.37. The van der Waals surface area contributed by atoms with E-state index in [0.717, 1.165) is 19.3 Å². The van der Waals surface area contributed by atoms with Crippen molar-refractivity contribution in [1.82, 2.24) is 0 Å². The summed E-state index contributed by atoms with van der Waals surface area (Å²) in [4.78, 5) is 34.1. The predicted molar refractivity (Wildman–Crippen MR) is 78.4 cm³/mol. The molecule has 0 radical (unpaired) electrons. The summed E-state index contributed by atoms with van der Waals surface area (Å²) >= 11 is 0. The van der Waals surface area contributed by atoms with Gasteiger partial charge in [-0.3, -0.25) is 14.9 Å². The highest BCUT2D eigenvalue weighted by molar-refractivity contribution is 6.11. The van der Waals surface area contributed by atoms with Gasteiger partial charge in [-0.1, -0.05) is 0 Å². The maximum Gasteiger partial charge on any atom is 0.339 e. The number of carbonyl (C=O) groups excluding carboxylic acids is 2. The van der Waals surface area contributed by atoms with Crippen LogP contribution in [0.2, 0.25) is 0 Å². The molecule has 0 unspecified atom stereocenters. The zero-order valence-corrected chi connectivity index (χ0v) is 12.4. The molecule has 0 atom stereocenters. The number of ketones is 1. The standard InChI is InChI=1S/C14H16N2O6/c1-4-11(16(19)20)13(17)9-6-8(14(18)21-3)10(15)7-12(9)22-5-2/h4,6-7H,5,15H2,1-3H3/b11-4-. The van der Waals surface area contributed by atoms with Crippen LogP contribution in [0.4, 0.5) is 5.69 Å². The summed E-state index contributed by atoms with van der Waals surface area (Å²) in [6.07, 6.45) is 1.08. The lowest BCUT2D eigenvalue weighted by Gasteiger charge is -2.12. The third-order valence-electron chi connectivity index (χ3n) is 2.80. The lowest BCUT2D eigenvalue weighted by molar-refractivity contribution is -0.416. The lowest BCUT2D eigenvalue weighted by Crippen LogP contribution is -2.15. The van der Waals surface area contributed by atoms with Crippen molar-refractivity contribution in [3.05, 3.63) is 45.1 Å². The van der Waals surface area contributed by atoms with Crippen molar-refractivity contribution >= 4 is 17.4 Å². The molecule has 0 heterocycles. The fourth-order valence-electron chi connectivity index (χ4n) is 1.79. The maximum absolute atomic E-state index is 12.3. The van der Waals surface area contributed by atoms with Crippen molar-refractivity contribution in [1.29, 1.82) is 0 Å². The van der Waals surface area contributed by atoms with Crippen LogP contribution in [-0.2, 0) is 4.74 Å². The second-order valence-corrected chi connectivity index (χ2v) is 4.12. The second-order valence-electron chi connectivity index (χ2n) is 4.12. The molecule has 1 aromatic carbocycles. The number of esters is 1. The molecule has 2 N–H and O–H groups in total. The van der Waals surface area contributed by atoms with E-state index in [0.29, 0.717) is 0 Å². The zero-order valence-electron chi connectivity index (χ0n) is 12.4. The van der Waals surface area contributed by atoms with Crippen molar-refractivity contribution in [2.45, 2.75) is 13.8 Å². The molecule has 0 aliphatic heterocycles. The average Bonchev–Trinajstić information content (AvgIpc) is 2.47. The molecule has 22 heavy (non-hydrogen) atoms. The Morgan fingerprint density at radius 1 is 1.36 bits per heavy atom. The normalized spacial score (nSPS) is 11.0. The monoisotopic (exact) mass is 308 g/mol. The summed E-state index contributed by atoms with van der Waals surface area (Å²) in [6, 6.07) is 2.41. The maximum atomic E-state index is 12.3. The number of carbonyl (C=O) groups is 2. The summed E-state index contributed by atoms with van der Waals surface area (Å²) in [7, 11) is 1.16. The molecule has 0 aromatic heterocycles. The minimum absolute atomic E-state index is 0.0509. The number of allylic oxidation sites excluding steroid dienone is 2. The topological polar surface area (TPSA) is 122 Å². The van der Waals surface area contributed by atoms with E-state index in [2.05, 4.69) is 4.74 Å². The molecular weight excluding hydrogens is 292 g/mol. The van der Waals surface area contributed by atoms with Crippen molar-refractivity contribution in [2.24, 2.45) is 0 Å². The molecule has 118 valence electrons. The van der Waals surface area contributed by atoms with Gasteiger partial charge in [-0.15, -0.1) is 0 Å². The number of hydrogen-bond donors (Lipinski definition) is 1. The Hall–Kier alpha value is -2.90. The molecular formula is C14H16N2O6. The molecule has 8 heteroatoms. The van der Waals surface area contributed by atoms with Crippen molar-refractivity contribution < 1.29 is 24.0 Å². The molecule has 0 spiro atoms. The SMILES string of the molecule is C/C=C(/C(=O)c1cc(C(=O)OC)c(N)cc1OCC)[N+](=O)[O-]. The van der Waals surface area contributed by atoms with Gasteiger partial charge in [0.25, 0.3) is 5.78 Å². The number of benzene rings is 1. The van der Waals surface area contributed by atoms with E-state index in [1.54, 1.807) is 6.92 Å². The Bertz CT molecular complexity index is 651. The Kier molecular flexibility index (Phi) is 5.62. The van der Waals surface area contributed by atoms with Gasteiger partial charge in [0.1, 0.15) is 5.75 Å². The minimum atomic E-state index is -0.874. The molecule has 0 fully saturated rings. The van der Waals surface area contributed by atoms with E-state index in [-0.39, 0.29) is 29.2 Å². The quantitative estimate of drug-likeness (QED) is 0.212. The van der Waals surface area contributed by atoms with E-state index in [1.807, 2.05) is 0 Å². The highest BCUT2D eigenvalue weighted by atomic mass is 16.6. The van der Waals surface area contributed by atoms with Gasteiger partial charge in [-0.2, -0.15) is 0 Å². The van der Waals surface area contributed by atoms with Gasteiger partial charge in [-0.25, -0.2) is 4.79 Å². The minimum Gasteiger partial charge on any atom is -0.493 e. The third kappa shape index (κ3) is 3.40. The number of rotatable bonds is 6. The van der Waals surface area contributed by atoms with Gasteiger partial charge < -0.3 is 15.2 Å². The number of anilines is 1. The average molecular weight is 308 g/mol. The molecule has 8 nitrogen and oxygen atoms in total. The van der Waals surface area contributed by atoms with Crippen LogP contribution in [-0.4, -0.2) is 30.4 Å². The first-order chi connectivity index (χ1) is 10.4. The molecule has 0 amide bonds. The number of ether oxygens (including phenoxy) is 2. The Balaban J connectivity index is 3.51. The van der Waals surface area contributed by atoms with Gasteiger partial charge in [0.15, 0.2) is 0 Å². The van der Waals surface area contributed by atoms with Crippen LogP contribution in [0.15, 0.2) is 23.9 Å². The Labute approximate surface area is 126 Å². The number of nitrogens with two attached hydrogens (primary N) is 1. The number of nitrogens with zero attached hydrogens (tertiary/aromatic N) is 1. The zero-order chi connectivity index (χ0) is 16.9. The molecule has 0 aliphatic rings. The number of nitro groups is 1. The molecule has 0 saturated heterocycles. The summed E-state index contributed by atoms with van der Waals surface area (Å²) < 4.78 is 9.85. The van der Waals surface area contributed by atoms with Crippen molar-refractivity contribution in [3.63, 3.8) is 0 Å². The third-order valence-corrected chi connectivity index (χ3v) is 2.80. The highest BCUT2D eigenvalue weighted by Gasteiger charge is 2.28. The van der Waals surface area contributed by atoms with Gasteiger partial charge in [0, 0.05) is 11.8 Å². The Morgan fingerprint density at radius 3 is 2.45 bits per heavy atom. The highest BCUT2D eigenvalue weighted by Crippen LogP contribution is 2.28. The summed E-state index contributed by atoms with van der Waals surface area (Å²) in [6.45, 7) is 3.28. The number of Topliss-reactive ketones (excluding diaryl/α,β-unsaturated/α-hetero) is 1. The van der Waals surface area contributed by atoms with Crippen LogP contribution in [0.25, 0.3) is 0 Å². The molecule has 0 bridgehead atoms. The van der Waals surface area contributed by atoms with E-state index in [4.69, 9.17) is 10.5 Å². The van der Waals surface area contributed by atoms with Gasteiger partial charge in [-0.05, 0) is 26.0 Å². The number of methoxy groups -OCH3 is 1. The molecule has 1 rings (SSSR count). The van der Waals surface area contributed by atoms with E-state index >= 15 is 0 Å². The van der Waals surface area contributed by atoms with Crippen LogP contribution < -0.4 is 10.5 Å². The molecule has 0 saturated carbocycles. The molecule has 0 aliphatic carbocycles. The van der Waals surface area contributed by atoms with Gasteiger partial charge >= 0.3 is 11.7 Å². The van der Waals surface area contributed by atoms with E-state index in [1.165, 1.54) is 13.0 Å². The number of hydrogen-bond acceptors (Lipinski definition) is 7. The van der Waals surface area contributed by atoms with Gasteiger partial charge in [0.05, 0.1) is 29.8 Å². The van der Waals surface area contributed by atoms with Crippen LogP contribution in [0, 0.1) is 10.1 Å². The number of nitrogen functional groups attached to an aromatic ring is 1. The summed E-state index contributed by atoms with van der Waals surface area (Å²) in [5.74, 6) is -1.56. The largest absolute Gasteiger partial charge is 0.493 e. The summed E-state index contributed by atoms with van der Waals surface area (Å²) in [5.41, 5.74) is 4.97. The lowest BCUT2D eigenvalue weighted by atomic mass is 10.0. The van der Waals surface area contributed by atoms with E-state index in [9.17, 15) is 19.7 Å². The predicted octanol–water partition coefficient (Wildman–Crippen LogP) is 1.82. The fraction of sp³-hybridized carbons (Fsp3) is 0.286. The first kappa shape index (κ1) is 17.2. The van der Waals surface area contributed by atoms with Crippen LogP contribution in [0.1, 0.15) is 34.6 Å². The second kappa shape index (κ2) is 7.21. The fourth-order valence-corrected chi connectivity index (χ4v) is 1.79. The van der Waals surface area contributed by atoms with Crippen LogP contribution in [0.5, 0.6) is 5.75 Å². The van der Waals surface area contributed by atoms with Crippen LogP contribution in [0.3, 0.4) is 0 Å². The smallest absolute Gasteiger partial charge is 0.339 e. The van der Waals surface area contributed by atoms with E-state index < -0.39 is 22.4 Å². The first-order valence-corrected chi connectivity index (χ1v) is 6.37.